The Morgan fingerprint density at radius 2 is 1.97 bits per heavy atom. The van der Waals surface area contributed by atoms with Crippen LogP contribution in [-0.2, 0) is 16.0 Å². The van der Waals surface area contributed by atoms with Crippen LogP contribution in [0, 0.1) is 25.7 Å². The van der Waals surface area contributed by atoms with Gasteiger partial charge in [-0.1, -0.05) is 50.8 Å². The number of carbonyl (C=O) groups excluding carboxylic acids is 2. The van der Waals surface area contributed by atoms with E-state index in [2.05, 4.69) is 51.3 Å². The molecule has 1 aromatic carbocycles. The lowest BCUT2D eigenvalue weighted by atomic mass is 10.00. The first kappa shape index (κ1) is 25.7. The van der Waals surface area contributed by atoms with E-state index in [0.717, 1.165) is 49.8 Å². The molecule has 2 aliphatic rings. The Morgan fingerprint density at radius 1 is 1.20 bits per heavy atom. The average molecular weight is 497 g/mol. The van der Waals surface area contributed by atoms with Gasteiger partial charge in [-0.3, -0.25) is 9.59 Å². The van der Waals surface area contributed by atoms with Gasteiger partial charge in [0.15, 0.2) is 0 Å². The zero-order valence-corrected chi connectivity index (χ0v) is 22.5. The minimum absolute atomic E-state index is 0.0331. The molecule has 0 saturated heterocycles. The number of carbonyl (C=O) groups is 2. The maximum atomic E-state index is 13.7. The maximum absolute atomic E-state index is 13.7. The van der Waals surface area contributed by atoms with Gasteiger partial charge in [-0.15, -0.1) is 11.3 Å². The normalized spacial score (nSPS) is 18.9. The molecule has 2 aromatic rings. The summed E-state index contributed by atoms with van der Waals surface area (Å²) in [6, 6.07) is 8.20. The number of hydrogen-bond acceptors (Lipinski definition) is 4. The van der Waals surface area contributed by atoms with Gasteiger partial charge in [0, 0.05) is 23.9 Å². The van der Waals surface area contributed by atoms with E-state index < -0.39 is 0 Å². The third-order valence-corrected chi connectivity index (χ3v) is 8.71. The summed E-state index contributed by atoms with van der Waals surface area (Å²) in [5.74, 6) is 1.53. The standard InChI is InChI=1S/C29H40N2O3S/c1-5-20(2)17-30(29(33)23-8-6-7-9-23)18-28(32)31-14-12-27-24(13-15-35-27)25(31)19-34-26-11-10-21(3)16-22(26)4/h10-11,13,15-16,20,23,25H,5-9,12,14,17-19H2,1-4H3/t20-,25-/m0/s1. The molecule has 1 aliphatic carbocycles. The van der Waals surface area contributed by atoms with Crippen LogP contribution in [0.3, 0.4) is 0 Å². The number of thiophene rings is 1. The van der Waals surface area contributed by atoms with E-state index in [-0.39, 0.29) is 30.3 Å². The zero-order chi connectivity index (χ0) is 24.9. The molecule has 0 radical (unpaired) electrons. The van der Waals surface area contributed by atoms with E-state index in [1.165, 1.54) is 16.0 Å². The molecule has 0 unspecified atom stereocenters. The molecular weight excluding hydrogens is 456 g/mol. The second-order valence-corrected chi connectivity index (χ2v) is 11.4. The monoisotopic (exact) mass is 496 g/mol. The van der Waals surface area contributed by atoms with Gasteiger partial charge in [0.2, 0.25) is 11.8 Å². The van der Waals surface area contributed by atoms with Gasteiger partial charge in [-0.25, -0.2) is 0 Å². The van der Waals surface area contributed by atoms with Crippen LogP contribution < -0.4 is 4.74 Å². The zero-order valence-electron chi connectivity index (χ0n) is 21.7. The largest absolute Gasteiger partial charge is 0.491 e. The summed E-state index contributed by atoms with van der Waals surface area (Å²) in [6.45, 7) is 10.4. The number of rotatable bonds is 9. The van der Waals surface area contributed by atoms with Gasteiger partial charge in [-0.05, 0) is 67.7 Å². The molecule has 0 spiro atoms. The van der Waals surface area contributed by atoms with E-state index in [1.807, 2.05) is 15.9 Å². The van der Waals surface area contributed by atoms with E-state index in [4.69, 9.17) is 4.74 Å². The summed E-state index contributed by atoms with van der Waals surface area (Å²) in [4.78, 5) is 32.3. The lowest BCUT2D eigenvalue weighted by molar-refractivity contribution is -0.145. The van der Waals surface area contributed by atoms with Crippen molar-refractivity contribution in [3.63, 3.8) is 0 Å². The Morgan fingerprint density at radius 3 is 2.69 bits per heavy atom. The van der Waals surface area contributed by atoms with Gasteiger partial charge in [0.1, 0.15) is 12.4 Å². The van der Waals surface area contributed by atoms with Crippen LogP contribution in [0.25, 0.3) is 0 Å². The van der Waals surface area contributed by atoms with Crippen LogP contribution in [0.15, 0.2) is 29.6 Å². The van der Waals surface area contributed by atoms with Crippen molar-refractivity contribution in [2.45, 2.75) is 72.3 Å². The molecule has 1 aromatic heterocycles. The molecule has 4 rings (SSSR count). The van der Waals surface area contributed by atoms with Crippen LogP contribution in [-0.4, -0.2) is 47.9 Å². The Kier molecular flexibility index (Phi) is 8.53. The molecule has 6 heteroatoms. The fourth-order valence-corrected chi connectivity index (χ4v) is 6.36. The lowest BCUT2D eigenvalue weighted by Gasteiger charge is -2.38. The predicted octanol–water partition coefficient (Wildman–Crippen LogP) is 5.93. The number of hydrogen-bond donors (Lipinski definition) is 0. The van der Waals surface area contributed by atoms with Gasteiger partial charge < -0.3 is 14.5 Å². The molecule has 0 N–H and O–H groups in total. The number of aryl methyl sites for hydroxylation is 2. The topological polar surface area (TPSA) is 49.9 Å². The van der Waals surface area contributed by atoms with Gasteiger partial charge in [-0.2, -0.15) is 0 Å². The molecule has 2 atom stereocenters. The first-order valence-electron chi connectivity index (χ1n) is 13.2. The van der Waals surface area contributed by atoms with E-state index >= 15 is 0 Å². The van der Waals surface area contributed by atoms with Crippen molar-refractivity contribution in [1.82, 2.24) is 9.80 Å². The maximum Gasteiger partial charge on any atom is 0.242 e. The first-order chi connectivity index (χ1) is 16.9. The van der Waals surface area contributed by atoms with E-state index in [9.17, 15) is 9.59 Å². The number of ether oxygens (including phenoxy) is 1. The fraction of sp³-hybridized carbons (Fsp3) is 0.586. The van der Waals surface area contributed by atoms with Crippen molar-refractivity contribution < 1.29 is 14.3 Å². The molecule has 0 bridgehead atoms. The highest BCUT2D eigenvalue weighted by Crippen LogP contribution is 2.35. The van der Waals surface area contributed by atoms with Gasteiger partial charge >= 0.3 is 0 Å². The lowest BCUT2D eigenvalue weighted by Crippen LogP contribution is -2.49. The van der Waals surface area contributed by atoms with Crippen molar-refractivity contribution in [3.05, 3.63) is 51.2 Å². The molecule has 1 fully saturated rings. The van der Waals surface area contributed by atoms with E-state index in [1.54, 1.807) is 11.3 Å². The summed E-state index contributed by atoms with van der Waals surface area (Å²) < 4.78 is 6.28. The van der Waals surface area contributed by atoms with Crippen molar-refractivity contribution in [2.75, 3.05) is 26.2 Å². The van der Waals surface area contributed by atoms with Crippen molar-refractivity contribution in [3.8, 4) is 5.75 Å². The highest BCUT2D eigenvalue weighted by atomic mass is 32.1. The molecule has 35 heavy (non-hydrogen) atoms. The summed E-state index contributed by atoms with van der Waals surface area (Å²) >= 11 is 1.76. The molecule has 1 aliphatic heterocycles. The van der Waals surface area contributed by atoms with Crippen molar-refractivity contribution in [1.29, 1.82) is 0 Å². The Labute approximate surface area is 214 Å². The highest BCUT2D eigenvalue weighted by Gasteiger charge is 2.35. The second kappa shape index (κ2) is 11.6. The minimum Gasteiger partial charge on any atom is -0.491 e. The van der Waals surface area contributed by atoms with Crippen LogP contribution in [0.4, 0.5) is 0 Å². The summed E-state index contributed by atoms with van der Waals surface area (Å²) in [5, 5.41) is 2.11. The van der Waals surface area contributed by atoms with Crippen LogP contribution in [0.1, 0.15) is 73.6 Å². The predicted molar refractivity (Wildman–Crippen MR) is 142 cm³/mol. The molecule has 190 valence electrons. The van der Waals surface area contributed by atoms with Gasteiger partial charge in [0.25, 0.3) is 0 Å². The quantitative estimate of drug-likeness (QED) is 0.432. The number of nitrogens with zero attached hydrogens (tertiary/aromatic N) is 2. The van der Waals surface area contributed by atoms with Gasteiger partial charge in [0.05, 0.1) is 12.6 Å². The SMILES string of the molecule is CC[C@H](C)CN(CC(=O)N1CCc2sccc2[C@@H]1COc1ccc(C)cc1C)C(=O)C1CCCC1. The third kappa shape index (κ3) is 6.08. The molecule has 5 nitrogen and oxygen atoms in total. The second-order valence-electron chi connectivity index (χ2n) is 10.4. The molecule has 2 heterocycles. The molecular formula is C29H40N2O3S. The Balaban J connectivity index is 1.51. The summed E-state index contributed by atoms with van der Waals surface area (Å²) in [6.07, 6.45) is 6.01. The van der Waals surface area contributed by atoms with Crippen LogP contribution >= 0.6 is 11.3 Å². The first-order valence-corrected chi connectivity index (χ1v) is 14.1. The average Bonchev–Trinajstić information content (AvgIpc) is 3.54. The summed E-state index contributed by atoms with van der Waals surface area (Å²) in [5.41, 5.74) is 3.50. The molecule has 2 amide bonds. The Hall–Kier alpha value is -2.34. The van der Waals surface area contributed by atoms with E-state index in [0.29, 0.717) is 25.6 Å². The third-order valence-electron chi connectivity index (χ3n) is 7.71. The smallest absolute Gasteiger partial charge is 0.242 e. The van der Waals surface area contributed by atoms with Crippen molar-refractivity contribution >= 4 is 23.2 Å². The number of fused-ring (bicyclic) bond motifs is 1. The van der Waals surface area contributed by atoms with Crippen LogP contribution in [0.5, 0.6) is 5.75 Å². The number of benzene rings is 1. The van der Waals surface area contributed by atoms with Crippen LogP contribution in [0.2, 0.25) is 0 Å². The fourth-order valence-electron chi connectivity index (χ4n) is 5.43. The summed E-state index contributed by atoms with van der Waals surface area (Å²) in [7, 11) is 0. The Bertz CT molecular complexity index is 1030. The molecule has 1 saturated carbocycles. The van der Waals surface area contributed by atoms with Crippen molar-refractivity contribution in [2.24, 2.45) is 11.8 Å². The highest BCUT2D eigenvalue weighted by molar-refractivity contribution is 7.10. The number of amides is 2. The minimum atomic E-state index is -0.134.